The molecule has 1 aromatic carbocycles. The minimum atomic E-state index is -1.42. The number of para-hydroxylation sites is 2. The molecule has 0 aliphatic heterocycles. The van der Waals surface area contributed by atoms with Crippen molar-refractivity contribution < 1.29 is 18.7 Å². The maximum absolute atomic E-state index is 12.4. The number of carbonyl (C=O) groups is 1. The molecule has 7 nitrogen and oxygen atoms in total. The molecule has 1 amide bonds. The number of carbonyl (C=O) groups excluding carboxylic acids is 1. The van der Waals surface area contributed by atoms with Crippen LogP contribution >= 0.6 is 11.3 Å². The molecule has 0 fully saturated rings. The standard InChI is InChI=1S/C19H16N2O5S/c22-17(10-21-14-4-1-2-5-15(14)26-18(21)23)20-12-19(24,13-7-8-25-11-13)16-6-3-9-27-16/h1-9,11,24H,10,12H2,(H,20,22)/t19-/m1/s1. The Morgan fingerprint density at radius 1 is 1.22 bits per heavy atom. The third kappa shape index (κ3) is 3.20. The zero-order valence-corrected chi connectivity index (χ0v) is 14.9. The molecule has 4 aromatic rings. The third-order valence-corrected chi connectivity index (χ3v) is 5.37. The molecule has 27 heavy (non-hydrogen) atoms. The van der Waals surface area contributed by atoms with E-state index in [9.17, 15) is 14.7 Å². The highest BCUT2D eigenvalue weighted by Crippen LogP contribution is 2.32. The number of rotatable bonds is 6. The Hall–Kier alpha value is -3.10. The van der Waals surface area contributed by atoms with Crippen LogP contribution in [0.4, 0.5) is 0 Å². The summed E-state index contributed by atoms with van der Waals surface area (Å²) < 4.78 is 11.5. The predicted molar refractivity (Wildman–Crippen MR) is 99.5 cm³/mol. The van der Waals surface area contributed by atoms with Gasteiger partial charge < -0.3 is 19.3 Å². The first-order chi connectivity index (χ1) is 13.1. The second-order valence-electron chi connectivity index (χ2n) is 6.05. The minimum Gasteiger partial charge on any atom is -0.472 e. The third-order valence-electron chi connectivity index (χ3n) is 4.34. The van der Waals surface area contributed by atoms with Crippen LogP contribution in [0.1, 0.15) is 10.4 Å². The van der Waals surface area contributed by atoms with Gasteiger partial charge in [0.2, 0.25) is 5.91 Å². The van der Waals surface area contributed by atoms with Gasteiger partial charge in [0, 0.05) is 10.4 Å². The molecule has 3 heterocycles. The van der Waals surface area contributed by atoms with Gasteiger partial charge in [-0.05, 0) is 29.6 Å². The zero-order chi connectivity index (χ0) is 18.9. The smallest absolute Gasteiger partial charge is 0.420 e. The highest BCUT2D eigenvalue weighted by atomic mass is 32.1. The summed E-state index contributed by atoms with van der Waals surface area (Å²) in [5.41, 5.74) is 0.0845. The molecule has 3 aromatic heterocycles. The van der Waals surface area contributed by atoms with E-state index in [4.69, 9.17) is 8.83 Å². The summed E-state index contributed by atoms with van der Waals surface area (Å²) in [6.45, 7) is -0.266. The van der Waals surface area contributed by atoms with Crippen molar-refractivity contribution in [2.75, 3.05) is 6.54 Å². The van der Waals surface area contributed by atoms with E-state index < -0.39 is 17.3 Å². The van der Waals surface area contributed by atoms with E-state index in [0.717, 1.165) is 0 Å². The van der Waals surface area contributed by atoms with Crippen LogP contribution in [0, 0.1) is 0 Å². The molecule has 0 saturated heterocycles. The van der Waals surface area contributed by atoms with Gasteiger partial charge in [-0.15, -0.1) is 11.3 Å². The number of oxazole rings is 1. The Kier molecular flexibility index (Phi) is 4.43. The van der Waals surface area contributed by atoms with Gasteiger partial charge in [-0.1, -0.05) is 18.2 Å². The summed E-state index contributed by atoms with van der Waals surface area (Å²) in [4.78, 5) is 25.1. The Balaban J connectivity index is 1.54. The van der Waals surface area contributed by atoms with E-state index in [1.165, 1.54) is 28.4 Å². The first kappa shape index (κ1) is 17.3. The molecule has 0 radical (unpaired) electrons. The second kappa shape index (κ2) is 6.90. The van der Waals surface area contributed by atoms with E-state index in [1.54, 1.807) is 36.4 Å². The molecular formula is C19H16N2O5S. The van der Waals surface area contributed by atoms with Crippen LogP contribution in [0.5, 0.6) is 0 Å². The summed E-state index contributed by atoms with van der Waals surface area (Å²) in [7, 11) is 0. The van der Waals surface area contributed by atoms with Gasteiger partial charge >= 0.3 is 5.76 Å². The molecule has 2 N–H and O–H groups in total. The van der Waals surface area contributed by atoms with E-state index in [1.807, 2.05) is 11.4 Å². The first-order valence-corrected chi connectivity index (χ1v) is 9.10. The quantitative estimate of drug-likeness (QED) is 0.532. The van der Waals surface area contributed by atoms with Crippen molar-refractivity contribution in [3.8, 4) is 0 Å². The van der Waals surface area contributed by atoms with Crippen LogP contribution < -0.4 is 11.1 Å². The van der Waals surface area contributed by atoms with E-state index in [-0.39, 0.29) is 13.1 Å². The average molecular weight is 384 g/mol. The van der Waals surface area contributed by atoms with E-state index >= 15 is 0 Å². The zero-order valence-electron chi connectivity index (χ0n) is 14.1. The van der Waals surface area contributed by atoms with Crippen molar-refractivity contribution in [2.45, 2.75) is 12.1 Å². The highest BCUT2D eigenvalue weighted by Gasteiger charge is 2.34. The van der Waals surface area contributed by atoms with Gasteiger partial charge in [-0.25, -0.2) is 4.79 Å². The van der Waals surface area contributed by atoms with Crippen LogP contribution in [0.15, 0.2) is 74.0 Å². The van der Waals surface area contributed by atoms with E-state index in [0.29, 0.717) is 21.5 Å². The molecule has 0 bridgehead atoms. The Morgan fingerprint density at radius 3 is 2.81 bits per heavy atom. The lowest BCUT2D eigenvalue weighted by Gasteiger charge is -2.26. The fourth-order valence-corrected chi connectivity index (χ4v) is 3.78. The van der Waals surface area contributed by atoms with Crippen molar-refractivity contribution in [3.05, 3.63) is 81.4 Å². The van der Waals surface area contributed by atoms with Crippen molar-refractivity contribution in [1.82, 2.24) is 9.88 Å². The van der Waals surface area contributed by atoms with Gasteiger partial charge in [-0.3, -0.25) is 9.36 Å². The Bertz CT molecular complexity index is 1070. The Labute approximate surface area is 157 Å². The van der Waals surface area contributed by atoms with Crippen LogP contribution in [-0.4, -0.2) is 22.1 Å². The maximum Gasteiger partial charge on any atom is 0.420 e. The molecule has 4 rings (SSSR count). The van der Waals surface area contributed by atoms with Crippen LogP contribution in [-0.2, 0) is 16.9 Å². The largest absolute Gasteiger partial charge is 0.472 e. The molecule has 0 saturated carbocycles. The van der Waals surface area contributed by atoms with Gasteiger partial charge in [0.1, 0.15) is 12.1 Å². The number of aliphatic hydroxyl groups is 1. The maximum atomic E-state index is 12.4. The van der Waals surface area contributed by atoms with Crippen LogP contribution in [0.2, 0.25) is 0 Å². The van der Waals surface area contributed by atoms with Crippen LogP contribution in [0.3, 0.4) is 0 Å². The lowest BCUT2D eigenvalue weighted by molar-refractivity contribution is -0.122. The molecule has 138 valence electrons. The molecule has 0 aliphatic carbocycles. The van der Waals surface area contributed by atoms with Crippen molar-refractivity contribution >= 4 is 28.3 Å². The monoisotopic (exact) mass is 384 g/mol. The summed E-state index contributed by atoms with van der Waals surface area (Å²) in [6, 6.07) is 12.2. The number of hydrogen-bond donors (Lipinski definition) is 2. The molecule has 8 heteroatoms. The van der Waals surface area contributed by atoms with Gasteiger partial charge in [0.15, 0.2) is 5.58 Å². The van der Waals surface area contributed by atoms with Gasteiger partial charge in [0.05, 0.1) is 24.6 Å². The predicted octanol–water partition coefficient (Wildman–Crippen LogP) is 2.30. The number of nitrogens with one attached hydrogen (secondary N) is 1. The summed E-state index contributed by atoms with van der Waals surface area (Å²) in [5, 5.41) is 15.7. The summed E-state index contributed by atoms with van der Waals surface area (Å²) in [5.74, 6) is -1.02. The SMILES string of the molecule is O=C(Cn1c(=O)oc2ccccc21)NC[C@@](O)(c1ccoc1)c1cccs1. The summed E-state index contributed by atoms with van der Waals surface area (Å²) >= 11 is 1.38. The van der Waals surface area contributed by atoms with Crippen molar-refractivity contribution in [3.63, 3.8) is 0 Å². The number of furan rings is 1. The molecule has 0 aliphatic rings. The Morgan fingerprint density at radius 2 is 2.07 bits per heavy atom. The first-order valence-electron chi connectivity index (χ1n) is 8.22. The van der Waals surface area contributed by atoms with Crippen molar-refractivity contribution in [2.24, 2.45) is 0 Å². The number of fused-ring (bicyclic) bond motifs is 1. The van der Waals surface area contributed by atoms with Crippen molar-refractivity contribution in [1.29, 1.82) is 0 Å². The second-order valence-corrected chi connectivity index (χ2v) is 7.00. The summed E-state index contributed by atoms with van der Waals surface area (Å²) in [6.07, 6.45) is 2.91. The fraction of sp³-hybridized carbons (Fsp3) is 0.158. The fourth-order valence-electron chi connectivity index (χ4n) is 2.93. The van der Waals surface area contributed by atoms with E-state index in [2.05, 4.69) is 5.32 Å². The number of benzene rings is 1. The minimum absolute atomic E-state index is 0.0591. The molecule has 0 unspecified atom stereocenters. The van der Waals surface area contributed by atoms with Gasteiger partial charge in [-0.2, -0.15) is 0 Å². The average Bonchev–Trinajstić information content (AvgIpc) is 3.42. The number of aromatic nitrogens is 1. The number of nitrogens with zero attached hydrogens (tertiary/aromatic N) is 1. The normalized spacial score (nSPS) is 13.5. The lowest BCUT2D eigenvalue weighted by Crippen LogP contribution is -2.42. The topological polar surface area (TPSA) is 97.6 Å². The molecule has 0 spiro atoms. The highest BCUT2D eigenvalue weighted by molar-refractivity contribution is 7.10. The molecular weight excluding hydrogens is 368 g/mol. The molecule has 1 atom stereocenters. The van der Waals surface area contributed by atoms with Gasteiger partial charge in [0.25, 0.3) is 0 Å². The number of hydrogen-bond acceptors (Lipinski definition) is 6. The number of amides is 1. The number of thiophene rings is 1. The van der Waals surface area contributed by atoms with Crippen LogP contribution in [0.25, 0.3) is 11.1 Å². The lowest BCUT2D eigenvalue weighted by atomic mass is 9.94.